The topological polar surface area (TPSA) is 46.3 Å². The summed E-state index contributed by atoms with van der Waals surface area (Å²) in [7, 11) is 1.98. The molecule has 0 aromatic carbocycles. The number of hydrogen-bond donors (Lipinski definition) is 1. The summed E-state index contributed by atoms with van der Waals surface area (Å²) in [5, 5.41) is 0. The van der Waals surface area contributed by atoms with Gasteiger partial charge in [0.25, 0.3) is 0 Å². The van der Waals surface area contributed by atoms with E-state index in [1.165, 1.54) is 0 Å². The Hall–Kier alpha value is -0.570. The molecule has 11 heavy (non-hydrogen) atoms. The van der Waals surface area contributed by atoms with Crippen molar-refractivity contribution in [3.63, 3.8) is 0 Å². The minimum absolute atomic E-state index is 0.180. The van der Waals surface area contributed by atoms with E-state index in [0.29, 0.717) is 0 Å². The Bertz CT molecular complexity index is 139. The third-order valence-corrected chi connectivity index (χ3v) is 1.83. The number of primary amides is 1. The smallest absolute Gasteiger partial charge is 0.225 e. The number of carbonyl (C=O) groups excluding carboxylic acids is 1. The van der Waals surface area contributed by atoms with Crippen LogP contribution in [0.4, 0.5) is 0 Å². The summed E-state index contributed by atoms with van der Waals surface area (Å²) in [4.78, 5) is 12.7. The fourth-order valence-corrected chi connectivity index (χ4v) is 1.30. The number of amides is 1. The molecule has 1 amide bonds. The zero-order valence-electron chi connectivity index (χ0n) is 7.85. The van der Waals surface area contributed by atoms with E-state index in [2.05, 4.69) is 4.90 Å². The van der Waals surface area contributed by atoms with Crippen LogP contribution >= 0.6 is 0 Å². The Morgan fingerprint density at radius 3 is 1.91 bits per heavy atom. The molecule has 0 aliphatic carbocycles. The number of carbonyl (C=O) groups is 1. The number of hydrogen-bond acceptors (Lipinski definition) is 2. The summed E-state index contributed by atoms with van der Waals surface area (Å²) >= 11 is 0. The minimum atomic E-state index is -0.241. The zero-order chi connectivity index (χ0) is 9.07. The molecular weight excluding hydrogens is 140 g/mol. The van der Waals surface area contributed by atoms with Crippen molar-refractivity contribution in [1.82, 2.24) is 4.90 Å². The lowest BCUT2D eigenvalue weighted by molar-refractivity contribution is -0.135. The van der Waals surface area contributed by atoms with Crippen LogP contribution in [-0.2, 0) is 4.79 Å². The Morgan fingerprint density at radius 2 is 1.82 bits per heavy atom. The molecule has 0 atom stereocenters. The molecule has 0 bridgehead atoms. The van der Waals surface area contributed by atoms with Gasteiger partial charge in [0.1, 0.15) is 0 Å². The second-order valence-corrected chi connectivity index (χ2v) is 3.10. The molecule has 0 aromatic rings. The van der Waals surface area contributed by atoms with Crippen molar-refractivity contribution in [2.45, 2.75) is 20.8 Å². The lowest BCUT2D eigenvalue weighted by atomic mass is 9.82. The van der Waals surface area contributed by atoms with Crippen molar-refractivity contribution in [2.75, 3.05) is 20.1 Å². The monoisotopic (exact) mass is 158 g/mol. The van der Waals surface area contributed by atoms with E-state index in [0.717, 1.165) is 13.1 Å². The Morgan fingerprint density at radius 1 is 1.45 bits per heavy atom. The van der Waals surface area contributed by atoms with Gasteiger partial charge in [0.05, 0.1) is 5.41 Å². The first-order valence-electron chi connectivity index (χ1n) is 4.03. The molecule has 0 saturated carbocycles. The molecule has 1 aliphatic rings. The fraction of sp³-hybridized carbons (Fsp3) is 0.875. The van der Waals surface area contributed by atoms with E-state index in [-0.39, 0.29) is 11.3 Å². The fourth-order valence-electron chi connectivity index (χ4n) is 1.30. The molecule has 66 valence electrons. The normalized spacial score (nSPS) is 21.1. The number of nitrogens with two attached hydrogens (primary N) is 1. The number of nitrogens with zero attached hydrogens (tertiary/aromatic N) is 1. The lowest BCUT2D eigenvalue weighted by Crippen LogP contribution is -2.59. The van der Waals surface area contributed by atoms with E-state index >= 15 is 0 Å². The molecule has 1 heterocycles. The number of likely N-dealkylation sites (tertiary alicyclic amines) is 1. The minimum Gasteiger partial charge on any atom is -0.369 e. The lowest BCUT2D eigenvalue weighted by Gasteiger charge is -2.43. The van der Waals surface area contributed by atoms with Gasteiger partial charge < -0.3 is 10.6 Å². The quantitative estimate of drug-likeness (QED) is 0.602. The van der Waals surface area contributed by atoms with Crippen LogP contribution in [0.3, 0.4) is 0 Å². The van der Waals surface area contributed by atoms with Crippen molar-refractivity contribution in [3.05, 3.63) is 0 Å². The summed E-state index contributed by atoms with van der Waals surface area (Å²) in [5.41, 5.74) is 4.89. The van der Waals surface area contributed by atoms with Crippen molar-refractivity contribution in [2.24, 2.45) is 11.1 Å². The maximum Gasteiger partial charge on any atom is 0.225 e. The summed E-state index contributed by atoms with van der Waals surface area (Å²) in [6.45, 7) is 7.51. The van der Waals surface area contributed by atoms with Crippen LogP contribution in [0, 0.1) is 5.41 Å². The third kappa shape index (κ3) is 2.19. The molecule has 2 N–H and O–H groups in total. The van der Waals surface area contributed by atoms with Gasteiger partial charge in [-0.05, 0) is 14.0 Å². The van der Waals surface area contributed by atoms with Crippen LogP contribution in [-0.4, -0.2) is 30.9 Å². The van der Waals surface area contributed by atoms with Gasteiger partial charge in [0, 0.05) is 13.1 Å². The van der Waals surface area contributed by atoms with E-state index in [1.54, 1.807) is 0 Å². The molecule has 0 radical (unpaired) electrons. The molecule has 1 fully saturated rings. The first kappa shape index (κ1) is 10.4. The van der Waals surface area contributed by atoms with E-state index in [1.807, 2.05) is 27.8 Å². The van der Waals surface area contributed by atoms with Crippen molar-refractivity contribution in [3.8, 4) is 0 Å². The van der Waals surface area contributed by atoms with Crippen LogP contribution in [0.25, 0.3) is 0 Å². The van der Waals surface area contributed by atoms with Crippen molar-refractivity contribution < 1.29 is 4.79 Å². The largest absolute Gasteiger partial charge is 0.369 e. The molecule has 1 saturated heterocycles. The summed E-state index contributed by atoms with van der Waals surface area (Å²) in [6, 6.07) is 0. The maximum absolute atomic E-state index is 10.6. The van der Waals surface area contributed by atoms with Crippen LogP contribution < -0.4 is 5.73 Å². The van der Waals surface area contributed by atoms with E-state index in [4.69, 9.17) is 5.73 Å². The van der Waals surface area contributed by atoms with Crippen LogP contribution in [0.5, 0.6) is 0 Å². The Labute approximate surface area is 68.6 Å². The highest BCUT2D eigenvalue weighted by molar-refractivity contribution is 5.81. The molecule has 3 nitrogen and oxygen atoms in total. The van der Waals surface area contributed by atoms with Crippen LogP contribution in [0.2, 0.25) is 0 Å². The van der Waals surface area contributed by atoms with Crippen LogP contribution in [0.1, 0.15) is 20.8 Å². The van der Waals surface area contributed by atoms with E-state index in [9.17, 15) is 4.79 Å². The highest BCUT2D eigenvalue weighted by Gasteiger charge is 2.41. The van der Waals surface area contributed by atoms with Gasteiger partial charge in [-0.2, -0.15) is 0 Å². The highest BCUT2D eigenvalue weighted by atomic mass is 16.1. The Balaban J connectivity index is 0.000000461. The Kier molecular flexibility index (Phi) is 3.52. The first-order chi connectivity index (χ1) is 5.04. The predicted octanol–water partition coefficient (Wildman–Crippen LogP) is 0.450. The van der Waals surface area contributed by atoms with Gasteiger partial charge in [0.2, 0.25) is 5.91 Å². The van der Waals surface area contributed by atoms with Gasteiger partial charge in [-0.15, -0.1) is 0 Å². The zero-order valence-corrected chi connectivity index (χ0v) is 7.85. The molecule has 1 rings (SSSR count). The average Bonchev–Trinajstić information content (AvgIpc) is 1.89. The summed E-state index contributed by atoms with van der Waals surface area (Å²) in [5.74, 6) is -0.180. The molecule has 0 spiro atoms. The van der Waals surface area contributed by atoms with Crippen molar-refractivity contribution >= 4 is 5.91 Å². The number of rotatable bonds is 1. The van der Waals surface area contributed by atoms with Gasteiger partial charge >= 0.3 is 0 Å². The SMILES string of the molecule is CC.CN1CC(C)(C(N)=O)C1. The van der Waals surface area contributed by atoms with Gasteiger partial charge in [-0.3, -0.25) is 4.79 Å². The second kappa shape index (κ2) is 3.72. The van der Waals surface area contributed by atoms with Crippen LogP contribution in [0.15, 0.2) is 0 Å². The summed E-state index contributed by atoms with van der Waals surface area (Å²) in [6.07, 6.45) is 0. The molecule has 0 unspecified atom stereocenters. The average molecular weight is 158 g/mol. The molecule has 0 aromatic heterocycles. The van der Waals surface area contributed by atoms with E-state index < -0.39 is 0 Å². The third-order valence-electron chi connectivity index (χ3n) is 1.83. The molecule has 3 heteroatoms. The predicted molar refractivity (Wildman–Crippen MR) is 46.1 cm³/mol. The maximum atomic E-state index is 10.6. The van der Waals surface area contributed by atoms with Gasteiger partial charge in [-0.1, -0.05) is 13.8 Å². The molecular formula is C8H18N2O. The second-order valence-electron chi connectivity index (χ2n) is 3.10. The molecule has 1 aliphatic heterocycles. The highest BCUT2D eigenvalue weighted by Crippen LogP contribution is 2.26. The summed E-state index contributed by atoms with van der Waals surface area (Å²) < 4.78 is 0. The standard InChI is InChI=1S/C6H12N2O.C2H6/c1-6(5(7)9)3-8(2)4-6;1-2/h3-4H2,1-2H3,(H2,7,9);1-2H3. The van der Waals surface area contributed by atoms with Gasteiger partial charge in [0.15, 0.2) is 0 Å². The van der Waals surface area contributed by atoms with Gasteiger partial charge in [-0.25, -0.2) is 0 Å². The first-order valence-corrected chi connectivity index (χ1v) is 4.03. The van der Waals surface area contributed by atoms with Crippen molar-refractivity contribution in [1.29, 1.82) is 0 Å².